The lowest BCUT2D eigenvalue weighted by Crippen LogP contribution is -2.21. The summed E-state index contributed by atoms with van der Waals surface area (Å²) in [7, 11) is 0. The van der Waals surface area contributed by atoms with Crippen molar-refractivity contribution in [3.8, 4) is 0 Å². The summed E-state index contributed by atoms with van der Waals surface area (Å²) in [5.74, 6) is 0.458. The van der Waals surface area contributed by atoms with E-state index in [1.807, 2.05) is 48.5 Å². The maximum absolute atomic E-state index is 12.4. The number of aliphatic hydroxyl groups is 1. The van der Waals surface area contributed by atoms with Gasteiger partial charge < -0.3 is 15.2 Å². The Morgan fingerprint density at radius 1 is 1.09 bits per heavy atom. The predicted molar refractivity (Wildman–Crippen MR) is 87.2 cm³/mol. The molecule has 2 aromatic rings. The Morgan fingerprint density at radius 2 is 1.83 bits per heavy atom. The van der Waals surface area contributed by atoms with Gasteiger partial charge in [0, 0.05) is 28.9 Å². The average Bonchev–Trinajstić information content (AvgIpc) is 3.09. The number of para-hydroxylation sites is 1. The zero-order chi connectivity index (χ0) is 15.8. The van der Waals surface area contributed by atoms with E-state index in [0.29, 0.717) is 17.9 Å². The zero-order valence-electron chi connectivity index (χ0n) is 12.4. The van der Waals surface area contributed by atoms with E-state index in [1.165, 1.54) is 0 Å². The molecule has 2 aliphatic rings. The molecule has 5 heteroatoms. The van der Waals surface area contributed by atoms with Crippen molar-refractivity contribution in [1.82, 2.24) is 5.32 Å². The highest BCUT2D eigenvalue weighted by atomic mass is 16.5. The SMILES string of the molecule is O=C1Nc2ccccc2/C1=C1\OC(CNCO)c2ccccc21. The van der Waals surface area contributed by atoms with Crippen molar-refractivity contribution in [3.05, 3.63) is 65.2 Å². The molecule has 2 heterocycles. The molecule has 0 spiro atoms. The molecule has 0 fully saturated rings. The first-order valence-corrected chi connectivity index (χ1v) is 7.52. The topological polar surface area (TPSA) is 70.6 Å². The Balaban J connectivity index is 1.85. The van der Waals surface area contributed by atoms with Gasteiger partial charge in [-0.05, 0) is 6.07 Å². The van der Waals surface area contributed by atoms with Crippen LogP contribution in [0.4, 0.5) is 5.69 Å². The van der Waals surface area contributed by atoms with Gasteiger partial charge in [0.15, 0.2) is 0 Å². The number of carbonyl (C=O) groups excluding carboxylic acids is 1. The van der Waals surface area contributed by atoms with Crippen molar-refractivity contribution in [2.45, 2.75) is 6.10 Å². The Morgan fingerprint density at radius 3 is 2.65 bits per heavy atom. The van der Waals surface area contributed by atoms with Gasteiger partial charge in [0.1, 0.15) is 11.9 Å². The summed E-state index contributed by atoms with van der Waals surface area (Å²) < 4.78 is 6.09. The number of carbonyl (C=O) groups is 1. The molecule has 116 valence electrons. The predicted octanol–water partition coefficient (Wildman–Crippen LogP) is 2.12. The second kappa shape index (κ2) is 5.53. The van der Waals surface area contributed by atoms with Crippen LogP contribution in [0.2, 0.25) is 0 Å². The molecule has 0 bridgehead atoms. The number of rotatable bonds is 3. The molecule has 3 N–H and O–H groups in total. The number of anilines is 1. The molecule has 2 aliphatic heterocycles. The van der Waals surface area contributed by atoms with Crippen LogP contribution in [0.15, 0.2) is 48.5 Å². The molecule has 4 rings (SSSR count). The highest BCUT2D eigenvalue weighted by molar-refractivity contribution is 6.36. The molecule has 2 aromatic carbocycles. The van der Waals surface area contributed by atoms with Crippen LogP contribution < -0.4 is 10.6 Å². The summed E-state index contributed by atoms with van der Waals surface area (Å²) in [5, 5.41) is 14.7. The fourth-order valence-corrected chi connectivity index (χ4v) is 3.14. The monoisotopic (exact) mass is 308 g/mol. The molecule has 0 aliphatic carbocycles. The van der Waals surface area contributed by atoms with Crippen molar-refractivity contribution >= 4 is 22.9 Å². The number of nitrogens with one attached hydrogen (secondary N) is 2. The van der Waals surface area contributed by atoms with Gasteiger partial charge in [0.05, 0.1) is 12.3 Å². The third-order valence-corrected chi connectivity index (χ3v) is 4.15. The van der Waals surface area contributed by atoms with Crippen LogP contribution in [0.1, 0.15) is 22.8 Å². The van der Waals surface area contributed by atoms with E-state index < -0.39 is 0 Å². The van der Waals surface area contributed by atoms with Crippen LogP contribution in [0.3, 0.4) is 0 Å². The molecule has 0 saturated carbocycles. The first-order valence-electron chi connectivity index (χ1n) is 7.52. The standard InChI is InChI=1S/C18H16N2O3/c21-10-19-9-15-11-5-1-2-6-12(11)17(23-15)16-13-7-3-4-8-14(13)20-18(16)22/h1-8,15,19,21H,9-10H2,(H,20,22)/b17-16+. The number of hydrogen-bond donors (Lipinski definition) is 3. The van der Waals surface area contributed by atoms with E-state index in [-0.39, 0.29) is 18.7 Å². The molecule has 5 nitrogen and oxygen atoms in total. The second-order valence-electron chi connectivity index (χ2n) is 5.51. The lowest BCUT2D eigenvalue weighted by atomic mass is 9.99. The Kier molecular flexibility index (Phi) is 3.37. The minimum Gasteiger partial charge on any atom is -0.483 e. The van der Waals surface area contributed by atoms with Crippen LogP contribution in [0.25, 0.3) is 11.3 Å². The van der Waals surface area contributed by atoms with Crippen LogP contribution in [0.5, 0.6) is 0 Å². The summed E-state index contributed by atoms with van der Waals surface area (Å²) in [5.41, 5.74) is 4.18. The molecular formula is C18H16N2O3. The minimum atomic E-state index is -0.221. The molecule has 0 aromatic heterocycles. The van der Waals surface area contributed by atoms with Crippen LogP contribution in [0, 0.1) is 0 Å². The minimum absolute atomic E-state index is 0.114. The van der Waals surface area contributed by atoms with Crippen LogP contribution in [-0.2, 0) is 9.53 Å². The highest BCUT2D eigenvalue weighted by Crippen LogP contribution is 2.45. The van der Waals surface area contributed by atoms with E-state index >= 15 is 0 Å². The normalized spacial score (nSPS) is 21.6. The maximum atomic E-state index is 12.4. The Hall–Kier alpha value is -2.63. The lowest BCUT2D eigenvalue weighted by molar-refractivity contribution is -0.110. The average molecular weight is 308 g/mol. The van der Waals surface area contributed by atoms with Crippen molar-refractivity contribution in [1.29, 1.82) is 0 Å². The van der Waals surface area contributed by atoms with Gasteiger partial charge >= 0.3 is 0 Å². The highest BCUT2D eigenvalue weighted by Gasteiger charge is 2.35. The number of amides is 1. The van der Waals surface area contributed by atoms with Crippen molar-refractivity contribution in [3.63, 3.8) is 0 Å². The van der Waals surface area contributed by atoms with Crippen molar-refractivity contribution in [2.24, 2.45) is 0 Å². The summed E-state index contributed by atoms with van der Waals surface area (Å²) in [6.45, 7) is 0.366. The van der Waals surface area contributed by atoms with Crippen molar-refractivity contribution < 1.29 is 14.6 Å². The van der Waals surface area contributed by atoms with E-state index in [0.717, 1.165) is 22.4 Å². The van der Waals surface area contributed by atoms with E-state index in [4.69, 9.17) is 9.84 Å². The van der Waals surface area contributed by atoms with Crippen LogP contribution >= 0.6 is 0 Å². The van der Waals surface area contributed by atoms with Crippen LogP contribution in [-0.4, -0.2) is 24.3 Å². The maximum Gasteiger partial charge on any atom is 0.260 e. The van der Waals surface area contributed by atoms with Gasteiger partial charge in [-0.3, -0.25) is 10.1 Å². The quantitative estimate of drug-likeness (QED) is 0.600. The number of benzene rings is 2. The first-order chi connectivity index (χ1) is 11.3. The molecule has 1 unspecified atom stereocenters. The zero-order valence-corrected chi connectivity index (χ0v) is 12.4. The molecular weight excluding hydrogens is 292 g/mol. The van der Waals surface area contributed by atoms with Gasteiger partial charge in [0.2, 0.25) is 0 Å². The largest absolute Gasteiger partial charge is 0.483 e. The number of aliphatic hydroxyl groups excluding tert-OH is 1. The second-order valence-corrected chi connectivity index (χ2v) is 5.51. The summed E-state index contributed by atoms with van der Waals surface area (Å²) in [4.78, 5) is 12.4. The molecule has 0 saturated heterocycles. The number of ether oxygens (including phenoxy) is 1. The molecule has 23 heavy (non-hydrogen) atoms. The van der Waals surface area contributed by atoms with Gasteiger partial charge in [-0.25, -0.2) is 0 Å². The Labute approximate surface area is 133 Å². The summed E-state index contributed by atoms with van der Waals surface area (Å²) >= 11 is 0. The lowest BCUT2D eigenvalue weighted by Gasteiger charge is -2.12. The molecule has 0 radical (unpaired) electrons. The van der Waals surface area contributed by atoms with Gasteiger partial charge in [-0.2, -0.15) is 0 Å². The summed E-state index contributed by atoms with van der Waals surface area (Å²) in [6, 6.07) is 15.4. The van der Waals surface area contributed by atoms with E-state index in [9.17, 15) is 4.79 Å². The number of fused-ring (bicyclic) bond motifs is 2. The van der Waals surface area contributed by atoms with E-state index in [2.05, 4.69) is 10.6 Å². The first kappa shape index (κ1) is 14.0. The van der Waals surface area contributed by atoms with Gasteiger partial charge in [0.25, 0.3) is 5.91 Å². The summed E-state index contributed by atoms with van der Waals surface area (Å²) in [6.07, 6.45) is -0.221. The third-order valence-electron chi connectivity index (χ3n) is 4.15. The smallest absolute Gasteiger partial charge is 0.260 e. The van der Waals surface area contributed by atoms with E-state index in [1.54, 1.807) is 0 Å². The number of hydrogen-bond acceptors (Lipinski definition) is 4. The third kappa shape index (κ3) is 2.21. The molecule has 1 atom stereocenters. The fraction of sp³-hybridized carbons (Fsp3) is 0.167. The Bertz CT molecular complexity index is 813. The van der Waals surface area contributed by atoms with Gasteiger partial charge in [-0.1, -0.05) is 42.5 Å². The molecule has 1 amide bonds. The van der Waals surface area contributed by atoms with Gasteiger partial charge in [-0.15, -0.1) is 0 Å². The van der Waals surface area contributed by atoms with Crippen molar-refractivity contribution in [2.75, 3.05) is 18.6 Å². The fourth-order valence-electron chi connectivity index (χ4n) is 3.14.